The largest absolute Gasteiger partial charge is 0.348 e. The molecule has 4 atom stereocenters. The van der Waals surface area contributed by atoms with Gasteiger partial charge in [-0.05, 0) is 25.7 Å². The van der Waals surface area contributed by atoms with Crippen molar-refractivity contribution in [1.82, 2.24) is 19.9 Å². The summed E-state index contributed by atoms with van der Waals surface area (Å²) in [5, 5.41) is 1.47. The summed E-state index contributed by atoms with van der Waals surface area (Å²) in [7, 11) is 0. The third-order valence-electron chi connectivity index (χ3n) is 4.51. The Labute approximate surface area is 116 Å². The molecular weight excluding hydrogens is 256 g/mol. The van der Waals surface area contributed by atoms with Crippen molar-refractivity contribution in [2.45, 2.75) is 48.0 Å². The fraction of sp³-hybridized carbons (Fsp3) is 0.571. The smallest absolute Gasteiger partial charge is 0.110 e. The van der Waals surface area contributed by atoms with Crippen LogP contribution in [0.3, 0.4) is 0 Å². The fourth-order valence-electron chi connectivity index (χ4n) is 3.60. The molecule has 5 heteroatoms. The Morgan fingerprint density at radius 3 is 1.79 bits per heavy atom. The molecule has 0 radical (unpaired) electrons. The van der Waals surface area contributed by atoms with Crippen molar-refractivity contribution >= 4 is 11.8 Å². The van der Waals surface area contributed by atoms with Crippen LogP contribution in [0.25, 0.3) is 0 Å². The van der Waals surface area contributed by atoms with E-state index in [9.17, 15) is 0 Å². The molecule has 2 fully saturated rings. The van der Waals surface area contributed by atoms with Crippen LogP contribution in [0.4, 0.5) is 0 Å². The van der Waals surface area contributed by atoms with Crippen LogP contribution in [0.2, 0.25) is 0 Å². The molecule has 4 rings (SSSR count). The molecule has 2 N–H and O–H groups in total. The lowest BCUT2D eigenvalue weighted by Crippen LogP contribution is -2.35. The zero-order valence-electron chi connectivity index (χ0n) is 10.7. The molecule has 4 heterocycles. The highest BCUT2D eigenvalue weighted by atomic mass is 32.2. The highest BCUT2D eigenvalue weighted by Crippen LogP contribution is 2.52. The maximum absolute atomic E-state index is 4.47. The van der Waals surface area contributed by atoms with E-state index in [0.717, 1.165) is 10.5 Å². The number of aromatic nitrogens is 4. The molecule has 2 aliphatic heterocycles. The first-order chi connectivity index (χ1) is 9.42. The average molecular weight is 274 g/mol. The zero-order valence-corrected chi connectivity index (χ0v) is 11.6. The van der Waals surface area contributed by atoms with Gasteiger partial charge in [0, 0.05) is 47.1 Å². The first-order valence-corrected chi connectivity index (χ1v) is 8.00. The van der Waals surface area contributed by atoms with Gasteiger partial charge in [-0.3, -0.25) is 0 Å². The molecule has 0 saturated carbocycles. The first kappa shape index (κ1) is 11.6. The van der Waals surface area contributed by atoms with E-state index in [4.69, 9.17) is 0 Å². The second kappa shape index (κ2) is 4.71. The van der Waals surface area contributed by atoms with E-state index in [-0.39, 0.29) is 0 Å². The third-order valence-corrected chi connectivity index (χ3v) is 6.34. The summed E-state index contributed by atoms with van der Waals surface area (Å²) >= 11 is 2.17. The average Bonchev–Trinajstić information content (AvgIpc) is 3.12. The van der Waals surface area contributed by atoms with Gasteiger partial charge in [0.05, 0.1) is 0 Å². The number of hydrogen-bond acceptors (Lipinski definition) is 3. The number of imidazole rings is 2. The molecule has 4 nitrogen and oxygen atoms in total. The van der Waals surface area contributed by atoms with Crippen molar-refractivity contribution in [3.05, 3.63) is 36.4 Å². The first-order valence-electron chi connectivity index (χ1n) is 7.06. The molecule has 0 aromatic carbocycles. The number of nitrogens with zero attached hydrogens (tertiary/aromatic N) is 2. The molecule has 2 aromatic heterocycles. The SMILES string of the molecule is c1c[nH]c(C2CCC3SC2CCC3c2ncc[nH]2)n1. The summed E-state index contributed by atoms with van der Waals surface area (Å²) in [5.41, 5.74) is 0. The van der Waals surface area contributed by atoms with Crippen molar-refractivity contribution in [3.8, 4) is 0 Å². The molecular formula is C14H18N4S. The minimum atomic E-state index is 0.619. The van der Waals surface area contributed by atoms with E-state index in [2.05, 4.69) is 31.7 Å². The zero-order chi connectivity index (χ0) is 12.7. The van der Waals surface area contributed by atoms with Gasteiger partial charge in [0.25, 0.3) is 0 Å². The van der Waals surface area contributed by atoms with Gasteiger partial charge in [0.2, 0.25) is 0 Å². The lowest BCUT2D eigenvalue weighted by molar-refractivity contribution is 0.393. The van der Waals surface area contributed by atoms with Crippen molar-refractivity contribution in [2.24, 2.45) is 0 Å². The number of thioether (sulfide) groups is 1. The summed E-state index contributed by atoms with van der Waals surface area (Å²) in [6.45, 7) is 0. The van der Waals surface area contributed by atoms with Crippen molar-refractivity contribution in [1.29, 1.82) is 0 Å². The Morgan fingerprint density at radius 1 is 0.842 bits per heavy atom. The molecule has 4 unspecified atom stereocenters. The number of rotatable bonds is 2. The van der Waals surface area contributed by atoms with Gasteiger partial charge < -0.3 is 9.97 Å². The highest BCUT2D eigenvalue weighted by Gasteiger charge is 2.41. The van der Waals surface area contributed by atoms with Crippen molar-refractivity contribution in [2.75, 3.05) is 0 Å². The summed E-state index contributed by atoms with van der Waals surface area (Å²) in [4.78, 5) is 15.5. The predicted molar refractivity (Wildman–Crippen MR) is 76.3 cm³/mol. The van der Waals surface area contributed by atoms with Crippen LogP contribution >= 0.6 is 11.8 Å². The summed E-state index contributed by atoms with van der Waals surface area (Å²) < 4.78 is 0. The van der Waals surface area contributed by atoms with E-state index in [1.165, 1.54) is 37.3 Å². The Hall–Kier alpha value is -1.23. The van der Waals surface area contributed by atoms with Crippen LogP contribution in [-0.4, -0.2) is 30.4 Å². The second-order valence-electron chi connectivity index (χ2n) is 5.53. The topological polar surface area (TPSA) is 57.4 Å². The van der Waals surface area contributed by atoms with Crippen LogP contribution in [0.5, 0.6) is 0 Å². The number of aromatic amines is 2. The van der Waals surface area contributed by atoms with Crippen molar-refractivity contribution in [3.63, 3.8) is 0 Å². The van der Waals surface area contributed by atoms with Crippen LogP contribution in [-0.2, 0) is 0 Å². The third kappa shape index (κ3) is 2.00. The predicted octanol–water partition coefficient (Wildman–Crippen LogP) is 3.06. The molecule has 2 aromatic rings. The Morgan fingerprint density at radius 2 is 1.37 bits per heavy atom. The van der Waals surface area contributed by atoms with Gasteiger partial charge >= 0.3 is 0 Å². The lowest BCUT2D eigenvalue weighted by atomic mass is 9.83. The van der Waals surface area contributed by atoms with Gasteiger partial charge in [0.1, 0.15) is 11.6 Å². The molecule has 0 spiro atoms. The van der Waals surface area contributed by atoms with Gasteiger partial charge in [-0.2, -0.15) is 11.8 Å². The van der Waals surface area contributed by atoms with E-state index >= 15 is 0 Å². The van der Waals surface area contributed by atoms with Crippen LogP contribution in [0, 0.1) is 0 Å². The monoisotopic (exact) mass is 274 g/mol. The van der Waals surface area contributed by atoms with Gasteiger partial charge in [-0.15, -0.1) is 0 Å². The minimum Gasteiger partial charge on any atom is -0.348 e. The standard InChI is InChI=1S/C14H18N4S/c1-3-11-10(14-17-7-8-18-14)2-4-12(19-11)9(1)13-15-5-6-16-13/h5-12H,1-4H2,(H,15,16)(H,17,18). The van der Waals surface area contributed by atoms with E-state index < -0.39 is 0 Å². The molecule has 100 valence electrons. The van der Waals surface area contributed by atoms with Crippen LogP contribution in [0.15, 0.2) is 24.8 Å². The number of hydrogen-bond donors (Lipinski definition) is 2. The fourth-order valence-corrected chi connectivity index (χ4v) is 5.50. The van der Waals surface area contributed by atoms with Crippen LogP contribution in [0.1, 0.15) is 49.2 Å². The quantitative estimate of drug-likeness (QED) is 0.885. The second-order valence-corrected chi connectivity index (χ2v) is 7.01. The van der Waals surface area contributed by atoms with Crippen LogP contribution < -0.4 is 0 Å². The van der Waals surface area contributed by atoms with Gasteiger partial charge in [-0.25, -0.2) is 9.97 Å². The highest BCUT2D eigenvalue weighted by molar-refractivity contribution is 8.00. The molecule has 2 bridgehead atoms. The molecule has 19 heavy (non-hydrogen) atoms. The van der Waals surface area contributed by atoms with Gasteiger partial charge in [-0.1, -0.05) is 0 Å². The Bertz CT molecular complexity index is 473. The number of H-pyrrole nitrogens is 2. The maximum atomic E-state index is 4.47. The molecule has 2 aliphatic rings. The maximum Gasteiger partial charge on any atom is 0.110 e. The van der Waals surface area contributed by atoms with Gasteiger partial charge in [0.15, 0.2) is 0 Å². The van der Waals surface area contributed by atoms with E-state index in [0.29, 0.717) is 11.8 Å². The lowest BCUT2D eigenvalue weighted by Gasteiger charge is -2.42. The molecule has 2 saturated heterocycles. The Kier molecular flexibility index (Phi) is 2.87. The Balaban J connectivity index is 1.53. The van der Waals surface area contributed by atoms with E-state index in [1.807, 2.05) is 24.8 Å². The number of fused-ring (bicyclic) bond motifs is 2. The van der Waals surface area contributed by atoms with Crippen molar-refractivity contribution < 1.29 is 0 Å². The summed E-state index contributed by atoms with van der Waals surface area (Å²) in [6.07, 6.45) is 12.7. The summed E-state index contributed by atoms with van der Waals surface area (Å²) in [6, 6.07) is 0. The molecule has 0 aliphatic carbocycles. The molecule has 0 amide bonds. The minimum absolute atomic E-state index is 0.619. The van der Waals surface area contributed by atoms with E-state index in [1.54, 1.807) is 0 Å². The summed E-state index contributed by atoms with van der Waals surface area (Å²) in [5.74, 6) is 3.61. The normalized spacial score (nSPS) is 34.3. The number of nitrogens with one attached hydrogen (secondary N) is 2.